The normalized spacial score (nSPS) is 29.1. The minimum absolute atomic E-state index is 0.0217. The van der Waals surface area contributed by atoms with Crippen LogP contribution in [0.15, 0.2) is 24.3 Å². The number of nitrogens with one attached hydrogen (secondary N) is 1. The summed E-state index contributed by atoms with van der Waals surface area (Å²) in [6.07, 6.45) is 6.17. The number of halogens is 1. The van der Waals surface area contributed by atoms with Crippen LogP contribution in [0.2, 0.25) is 5.02 Å². The zero-order valence-electron chi connectivity index (χ0n) is 15.4. The zero-order chi connectivity index (χ0) is 19.0. The molecule has 1 amide bonds. The maximum absolute atomic E-state index is 12.7. The fraction of sp³-hybridized carbons (Fsp3) is 0.650. The van der Waals surface area contributed by atoms with Gasteiger partial charge in [0.05, 0.1) is 5.75 Å². The molecule has 7 heteroatoms. The predicted octanol–water partition coefficient (Wildman–Crippen LogP) is 3.19. The Morgan fingerprint density at radius 2 is 1.78 bits per heavy atom. The first-order valence-corrected chi connectivity index (χ1v) is 11.9. The Kier molecular flexibility index (Phi) is 5.50. The summed E-state index contributed by atoms with van der Waals surface area (Å²) < 4.78 is 26.9. The fourth-order valence-electron chi connectivity index (χ4n) is 5.00. The molecule has 3 aliphatic rings. The number of nitrogens with zero attached hydrogens (tertiary/aromatic N) is 1. The van der Waals surface area contributed by atoms with E-state index < -0.39 is 10.0 Å². The largest absolute Gasteiger partial charge is 0.353 e. The Balaban J connectivity index is 1.29. The Morgan fingerprint density at radius 3 is 2.37 bits per heavy atom. The summed E-state index contributed by atoms with van der Waals surface area (Å²) in [5.74, 6) is 1.51. The maximum Gasteiger partial charge on any atom is 0.223 e. The highest BCUT2D eigenvalue weighted by atomic mass is 35.5. The number of fused-ring (bicyclic) bond motifs is 2. The first kappa shape index (κ1) is 19.2. The first-order chi connectivity index (χ1) is 12.9. The monoisotopic (exact) mass is 410 g/mol. The van der Waals surface area contributed by atoms with Gasteiger partial charge in [-0.2, -0.15) is 0 Å². The standard InChI is InChI=1S/C20H27ClN2O3S/c21-18-5-2-14(3-6-18)13-27(25,26)23-9-7-16(8-10-23)20(24)22-19-12-15-1-4-17(19)11-15/h2-3,5-6,15-17,19H,1,4,7-13H2,(H,22,24)/t15-,17-,19-/m0/s1. The van der Waals surface area contributed by atoms with Crippen molar-refractivity contribution in [2.45, 2.75) is 50.3 Å². The molecule has 3 fully saturated rings. The molecule has 3 atom stereocenters. The van der Waals surface area contributed by atoms with Crippen LogP contribution in [0.1, 0.15) is 44.1 Å². The molecule has 2 saturated carbocycles. The van der Waals surface area contributed by atoms with Crippen molar-refractivity contribution in [3.05, 3.63) is 34.9 Å². The van der Waals surface area contributed by atoms with Crippen molar-refractivity contribution in [3.63, 3.8) is 0 Å². The van der Waals surface area contributed by atoms with Gasteiger partial charge in [-0.25, -0.2) is 12.7 Å². The van der Waals surface area contributed by atoms with Crippen LogP contribution in [0.3, 0.4) is 0 Å². The van der Waals surface area contributed by atoms with Crippen LogP contribution in [0.5, 0.6) is 0 Å². The van der Waals surface area contributed by atoms with Crippen molar-refractivity contribution in [2.24, 2.45) is 17.8 Å². The van der Waals surface area contributed by atoms with E-state index >= 15 is 0 Å². The average molecular weight is 411 g/mol. The van der Waals surface area contributed by atoms with Crippen LogP contribution in [0.25, 0.3) is 0 Å². The van der Waals surface area contributed by atoms with E-state index in [0.29, 0.717) is 42.9 Å². The summed E-state index contributed by atoms with van der Waals surface area (Å²) in [4.78, 5) is 12.6. The van der Waals surface area contributed by atoms with E-state index in [9.17, 15) is 13.2 Å². The van der Waals surface area contributed by atoms with E-state index in [0.717, 1.165) is 17.9 Å². The average Bonchev–Trinajstić information content (AvgIpc) is 3.27. The molecule has 4 rings (SSSR count). The van der Waals surface area contributed by atoms with Crippen molar-refractivity contribution in [1.29, 1.82) is 0 Å². The van der Waals surface area contributed by atoms with Gasteiger partial charge in [-0.1, -0.05) is 30.2 Å². The van der Waals surface area contributed by atoms with Gasteiger partial charge >= 0.3 is 0 Å². The molecule has 27 heavy (non-hydrogen) atoms. The first-order valence-electron chi connectivity index (χ1n) is 9.93. The van der Waals surface area contributed by atoms with Crippen LogP contribution in [0.4, 0.5) is 0 Å². The van der Waals surface area contributed by atoms with Crippen molar-refractivity contribution in [1.82, 2.24) is 9.62 Å². The van der Waals surface area contributed by atoms with E-state index in [1.54, 1.807) is 24.3 Å². The van der Waals surface area contributed by atoms with E-state index in [2.05, 4.69) is 5.32 Å². The molecule has 2 bridgehead atoms. The molecule has 5 nitrogen and oxygen atoms in total. The van der Waals surface area contributed by atoms with Gasteiger partial charge in [0, 0.05) is 30.1 Å². The minimum Gasteiger partial charge on any atom is -0.353 e. The highest BCUT2D eigenvalue weighted by Gasteiger charge is 2.41. The number of benzene rings is 1. The maximum atomic E-state index is 12.7. The number of amides is 1. The number of sulfonamides is 1. The lowest BCUT2D eigenvalue weighted by Gasteiger charge is -2.32. The topological polar surface area (TPSA) is 66.5 Å². The number of carbonyl (C=O) groups excluding carboxylic acids is 1. The number of hydrogen-bond donors (Lipinski definition) is 1. The lowest BCUT2D eigenvalue weighted by Crippen LogP contribution is -2.46. The second kappa shape index (κ2) is 7.72. The van der Waals surface area contributed by atoms with Crippen molar-refractivity contribution in [2.75, 3.05) is 13.1 Å². The van der Waals surface area contributed by atoms with Gasteiger partial charge < -0.3 is 5.32 Å². The molecule has 0 spiro atoms. The van der Waals surface area contributed by atoms with Crippen LogP contribution in [0, 0.1) is 17.8 Å². The van der Waals surface area contributed by atoms with Gasteiger partial charge in [0.15, 0.2) is 0 Å². The van der Waals surface area contributed by atoms with Crippen molar-refractivity contribution in [3.8, 4) is 0 Å². The van der Waals surface area contributed by atoms with Gasteiger partial charge in [-0.3, -0.25) is 4.79 Å². The molecule has 1 aromatic carbocycles. The third-order valence-corrected chi connectivity index (χ3v) is 8.65. The quantitative estimate of drug-likeness (QED) is 0.810. The van der Waals surface area contributed by atoms with Gasteiger partial charge in [0.25, 0.3) is 0 Å². The molecule has 1 aliphatic heterocycles. The number of hydrogen-bond acceptors (Lipinski definition) is 3. The van der Waals surface area contributed by atoms with E-state index in [4.69, 9.17) is 11.6 Å². The summed E-state index contributed by atoms with van der Waals surface area (Å²) in [5, 5.41) is 3.86. The predicted molar refractivity (Wildman–Crippen MR) is 106 cm³/mol. The number of piperidine rings is 1. The molecule has 148 valence electrons. The van der Waals surface area contributed by atoms with Gasteiger partial charge in [0.1, 0.15) is 0 Å². The minimum atomic E-state index is -3.37. The lowest BCUT2D eigenvalue weighted by molar-refractivity contribution is -0.127. The number of carbonyl (C=O) groups is 1. The SMILES string of the molecule is O=C(N[C@H]1C[C@H]2CC[C@H]1C2)C1CCN(S(=O)(=O)Cc2ccc(Cl)cc2)CC1. The van der Waals surface area contributed by atoms with Gasteiger partial charge in [-0.05, 0) is 61.6 Å². The van der Waals surface area contributed by atoms with Crippen LogP contribution in [-0.4, -0.2) is 37.8 Å². The smallest absolute Gasteiger partial charge is 0.223 e. The summed E-state index contributed by atoms with van der Waals surface area (Å²) in [6.45, 7) is 0.843. The summed E-state index contributed by atoms with van der Waals surface area (Å²) in [5.41, 5.74) is 0.732. The zero-order valence-corrected chi connectivity index (χ0v) is 17.0. The second-order valence-corrected chi connectivity index (χ2v) is 10.8. The molecular weight excluding hydrogens is 384 g/mol. The van der Waals surface area contributed by atoms with Gasteiger partial charge in [-0.15, -0.1) is 0 Å². The molecule has 1 aromatic rings. The molecule has 1 saturated heterocycles. The molecule has 0 unspecified atom stereocenters. The Labute approximate surface area is 166 Å². The third kappa shape index (κ3) is 4.33. The Morgan fingerprint density at radius 1 is 1.07 bits per heavy atom. The molecule has 2 aliphatic carbocycles. The van der Waals surface area contributed by atoms with Crippen molar-refractivity contribution < 1.29 is 13.2 Å². The number of rotatable bonds is 5. The van der Waals surface area contributed by atoms with Crippen LogP contribution >= 0.6 is 11.6 Å². The Bertz CT molecular complexity index is 788. The van der Waals surface area contributed by atoms with Gasteiger partial charge in [0.2, 0.25) is 15.9 Å². The highest BCUT2D eigenvalue weighted by Crippen LogP contribution is 2.44. The molecule has 0 radical (unpaired) electrons. The lowest BCUT2D eigenvalue weighted by atomic mass is 9.93. The second-order valence-electron chi connectivity index (χ2n) is 8.35. The molecule has 1 heterocycles. The fourth-order valence-corrected chi connectivity index (χ4v) is 6.69. The summed E-state index contributed by atoms with van der Waals surface area (Å²) >= 11 is 5.86. The van der Waals surface area contributed by atoms with Crippen LogP contribution in [-0.2, 0) is 20.6 Å². The van der Waals surface area contributed by atoms with E-state index in [-0.39, 0.29) is 17.6 Å². The summed E-state index contributed by atoms with van der Waals surface area (Å²) in [6, 6.07) is 7.25. The summed E-state index contributed by atoms with van der Waals surface area (Å²) in [7, 11) is -3.37. The highest BCUT2D eigenvalue weighted by molar-refractivity contribution is 7.88. The molecular formula is C20H27ClN2O3S. The third-order valence-electron chi connectivity index (χ3n) is 6.55. The van der Waals surface area contributed by atoms with Crippen molar-refractivity contribution >= 4 is 27.5 Å². The molecule has 0 aromatic heterocycles. The Hall–Kier alpha value is -1.11. The van der Waals surface area contributed by atoms with Crippen LogP contribution < -0.4 is 5.32 Å². The molecule has 1 N–H and O–H groups in total. The van der Waals surface area contributed by atoms with E-state index in [1.807, 2.05) is 0 Å². The van der Waals surface area contributed by atoms with E-state index in [1.165, 1.54) is 23.6 Å².